The number of hydrogen-bond acceptors (Lipinski definition) is 4. The number of thioether (sulfide) groups is 1. The van der Waals surface area contributed by atoms with Crippen LogP contribution in [0.2, 0.25) is 0 Å². The molecular weight excluding hydrogens is 263 g/mol. The minimum absolute atomic E-state index is 0.0859. The van der Waals surface area contributed by atoms with Gasteiger partial charge in [0.2, 0.25) is 0 Å². The van der Waals surface area contributed by atoms with Crippen molar-refractivity contribution >= 4 is 17.6 Å². The van der Waals surface area contributed by atoms with Gasteiger partial charge in [0.1, 0.15) is 0 Å². The summed E-state index contributed by atoms with van der Waals surface area (Å²) in [5, 5.41) is 6.93. The van der Waals surface area contributed by atoms with Crippen molar-refractivity contribution in [2.24, 2.45) is 0 Å². The summed E-state index contributed by atoms with van der Waals surface area (Å²) in [6.45, 7) is 5.77. The first kappa shape index (κ1) is 13.5. The van der Waals surface area contributed by atoms with E-state index in [4.69, 9.17) is 0 Å². The summed E-state index contributed by atoms with van der Waals surface area (Å²) in [6.07, 6.45) is -4.43. The Hall–Kier alpha value is -0.980. The fourth-order valence-corrected chi connectivity index (χ4v) is 2.97. The number of anilines is 1. The molecule has 0 aromatic carbocycles. The summed E-state index contributed by atoms with van der Waals surface area (Å²) in [4.78, 5) is 1.98. The monoisotopic (exact) mass is 277 g/mol. The van der Waals surface area contributed by atoms with E-state index in [9.17, 15) is 13.2 Å². The molecule has 18 heavy (non-hydrogen) atoms. The van der Waals surface area contributed by atoms with Crippen molar-refractivity contribution in [3.63, 3.8) is 0 Å². The Labute approximate surface area is 108 Å². The van der Waals surface area contributed by atoms with E-state index in [2.05, 4.69) is 24.0 Å². The third-order valence-electron chi connectivity index (χ3n) is 2.69. The average molecular weight is 277 g/mol. The minimum atomic E-state index is -4.43. The molecule has 1 aliphatic rings. The van der Waals surface area contributed by atoms with E-state index in [0.29, 0.717) is 5.82 Å². The van der Waals surface area contributed by atoms with Crippen molar-refractivity contribution in [3.05, 3.63) is 17.8 Å². The second kappa shape index (κ2) is 4.60. The van der Waals surface area contributed by atoms with Crippen molar-refractivity contribution in [1.82, 2.24) is 10.2 Å². The lowest BCUT2D eigenvalue weighted by Crippen LogP contribution is -2.43. The zero-order valence-electron chi connectivity index (χ0n) is 10.2. The second-order valence-corrected chi connectivity index (χ2v) is 6.61. The van der Waals surface area contributed by atoms with E-state index in [0.717, 1.165) is 24.9 Å². The van der Waals surface area contributed by atoms with Crippen LogP contribution >= 0.6 is 11.8 Å². The predicted octanol–water partition coefficient (Wildman–Crippen LogP) is 2.83. The molecular formula is C11H14F3N3S. The minimum Gasteiger partial charge on any atom is -0.353 e. The molecule has 100 valence electrons. The van der Waals surface area contributed by atoms with Crippen molar-refractivity contribution in [3.8, 4) is 0 Å². The Bertz CT molecular complexity index is 417. The van der Waals surface area contributed by atoms with E-state index in [1.54, 1.807) is 0 Å². The molecule has 1 aromatic rings. The second-order valence-electron chi connectivity index (χ2n) is 4.80. The van der Waals surface area contributed by atoms with Crippen LogP contribution in [-0.2, 0) is 6.18 Å². The number of halogens is 3. The van der Waals surface area contributed by atoms with Crippen molar-refractivity contribution < 1.29 is 13.2 Å². The van der Waals surface area contributed by atoms with Crippen molar-refractivity contribution in [1.29, 1.82) is 0 Å². The number of alkyl halides is 3. The molecule has 2 rings (SSSR count). The lowest BCUT2D eigenvalue weighted by Gasteiger charge is -2.37. The first-order valence-corrected chi connectivity index (χ1v) is 6.56. The Morgan fingerprint density at radius 3 is 2.50 bits per heavy atom. The van der Waals surface area contributed by atoms with Gasteiger partial charge >= 0.3 is 6.18 Å². The summed E-state index contributed by atoms with van der Waals surface area (Å²) in [7, 11) is 0. The molecule has 3 nitrogen and oxygen atoms in total. The van der Waals surface area contributed by atoms with Gasteiger partial charge in [-0.05, 0) is 26.0 Å². The van der Waals surface area contributed by atoms with Gasteiger partial charge < -0.3 is 4.90 Å². The maximum atomic E-state index is 12.4. The summed E-state index contributed by atoms with van der Waals surface area (Å²) in [5.41, 5.74) is -0.947. The fourth-order valence-electron chi connectivity index (χ4n) is 1.86. The summed E-state index contributed by atoms with van der Waals surface area (Å²) >= 11 is 1.86. The number of hydrogen-bond donors (Lipinski definition) is 0. The molecule has 1 aliphatic heterocycles. The molecule has 0 atom stereocenters. The quantitative estimate of drug-likeness (QED) is 0.789. The molecule has 0 N–H and O–H groups in total. The van der Waals surface area contributed by atoms with E-state index in [1.807, 2.05) is 16.7 Å². The fraction of sp³-hybridized carbons (Fsp3) is 0.636. The number of nitrogens with zero attached hydrogens (tertiary/aromatic N) is 3. The van der Waals surface area contributed by atoms with E-state index < -0.39 is 11.9 Å². The third-order valence-corrected chi connectivity index (χ3v) is 3.99. The molecule has 0 aliphatic carbocycles. The molecule has 0 amide bonds. The molecule has 0 spiro atoms. The molecule has 1 aromatic heterocycles. The van der Waals surface area contributed by atoms with Crippen molar-refractivity contribution in [2.75, 3.05) is 23.7 Å². The van der Waals surface area contributed by atoms with Gasteiger partial charge in [-0.15, -0.1) is 10.2 Å². The first-order chi connectivity index (χ1) is 8.28. The lowest BCUT2D eigenvalue weighted by molar-refractivity contribution is -0.141. The van der Waals surface area contributed by atoms with Gasteiger partial charge in [-0.1, -0.05) is 0 Å². The number of aromatic nitrogens is 2. The predicted molar refractivity (Wildman–Crippen MR) is 65.8 cm³/mol. The van der Waals surface area contributed by atoms with Crippen LogP contribution in [0.15, 0.2) is 12.1 Å². The topological polar surface area (TPSA) is 29.0 Å². The van der Waals surface area contributed by atoms with Crippen LogP contribution in [0.25, 0.3) is 0 Å². The van der Waals surface area contributed by atoms with Gasteiger partial charge in [0, 0.05) is 23.6 Å². The van der Waals surface area contributed by atoms with Gasteiger partial charge in [0.05, 0.1) is 0 Å². The van der Waals surface area contributed by atoms with E-state index >= 15 is 0 Å². The maximum absolute atomic E-state index is 12.4. The number of rotatable bonds is 1. The van der Waals surface area contributed by atoms with Crippen LogP contribution in [-0.4, -0.2) is 33.8 Å². The largest absolute Gasteiger partial charge is 0.435 e. The summed E-state index contributed by atoms with van der Waals surface area (Å²) in [6, 6.07) is 2.37. The molecule has 0 unspecified atom stereocenters. The highest BCUT2D eigenvalue weighted by Gasteiger charge is 2.33. The highest BCUT2D eigenvalue weighted by Crippen LogP contribution is 2.32. The molecule has 1 saturated heterocycles. The van der Waals surface area contributed by atoms with Crippen LogP contribution in [0.3, 0.4) is 0 Å². The maximum Gasteiger partial charge on any atom is 0.435 e. The van der Waals surface area contributed by atoms with Crippen LogP contribution in [0.5, 0.6) is 0 Å². The summed E-state index contributed by atoms with van der Waals surface area (Å²) in [5.74, 6) is 1.45. The molecule has 0 radical (unpaired) electrons. The first-order valence-electron chi connectivity index (χ1n) is 5.58. The van der Waals surface area contributed by atoms with Crippen LogP contribution in [0.4, 0.5) is 19.0 Å². The molecule has 0 bridgehead atoms. The molecule has 1 fully saturated rings. The zero-order valence-corrected chi connectivity index (χ0v) is 11.0. The van der Waals surface area contributed by atoms with E-state index in [1.165, 1.54) is 6.07 Å². The average Bonchev–Trinajstić information content (AvgIpc) is 2.27. The van der Waals surface area contributed by atoms with Gasteiger partial charge in [-0.25, -0.2) is 0 Å². The Kier molecular flexibility index (Phi) is 3.44. The smallest absolute Gasteiger partial charge is 0.353 e. The Balaban J connectivity index is 2.15. The van der Waals surface area contributed by atoms with Gasteiger partial charge in [-0.2, -0.15) is 24.9 Å². The Morgan fingerprint density at radius 2 is 2.00 bits per heavy atom. The zero-order chi connectivity index (χ0) is 13.4. The molecule has 0 saturated carbocycles. The molecule has 2 heterocycles. The highest BCUT2D eigenvalue weighted by molar-refractivity contribution is 8.00. The molecule has 7 heteroatoms. The summed E-state index contributed by atoms with van der Waals surface area (Å²) < 4.78 is 37.2. The van der Waals surface area contributed by atoms with Gasteiger partial charge in [0.15, 0.2) is 11.5 Å². The van der Waals surface area contributed by atoms with Crippen LogP contribution in [0, 0.1) is 0 Å². The van der Waals surface area contributed by atoms with E-state index in [-0.39, 0.29) is 4.75 Å². The third kappa shape index (κ3) is 3.07. The highest BCUT2D eigenvalue weighted by atomic mass is 32.2. The lowest BCUT2D eigenvalue weighted by atomic mass is 10.2. The van der Waals surface area contributed by atoms with Crippen LogP contribution in [0.1, 0.15) is 19.5 Å². The Morgan fingerprint density at radius 1 is 1.28 bits per heavy atom. The van der Waals surface area contributed by atoms with Gasteiger partial charge in [-0.3, -0.25) is 0 Å². The van der Waals surface area contributed by atoms with Gasteiger partial charge in [0.25, 0.3) is 0 Å². The standard InChI is InChI=1S/C11H14F3N3S/c1-10(2)7-17(5-6-18-10)9-4-3-8(15-16-9)11(12,13)14/h3-4H,5-7H2,1-2H3. The van der Waals surface area contributed by atoms with Crippen molar-refractivity contribution in [2.45, 2.75) is 24.8 Å². The SMILES string of the molecule is CC1(C)CN(c2ccc(C(F)(F)F)nn2)CCS1. The normalized spacial score (nSPS) is 19.9. The van der Waals surface area contributed by atoms with Crippen LogP contribution < -0.4 is 4.90 Å².